The Bertz CT molecular complexity index is 720. The van der Waals surface area contributed by atoms with Crippen molar-refractivity contribution >= 4 is 16.9 Å². The molecule has 0 amide bonds. The minimum absolute atomic E-state index is 0.219. The first-order chi connectivity index (χ1) is 9.25. The van der Waals surface area contributed by atoms with E-state index in [9.17, 15) is 4.39 Å². The van der Waals surface area contributed by atoms with Gasteiger partial charge >= 0.3 is 0 Å². The van der Waals surface area contributed by atoms with E-state index in [4.69, 9.17) is 0 Å². The van der Waals surface area contributed by atoms with Gasteiger partial charge in [0.25, 0.3) is 0 Å². The lowest BCUT2D eigenvalue weighted by molar-refractivity contribution is 0.613. The average Bonchev–Trinajstić information content (AvgIpc) is 2.81. The molecule has 2 aromatic heterocycles. The molecule has 19 heavy (non-hydrogen) atoms. The number of hydrogen-bond donors (Lipinski definition) is 1. The number of anilines is 1. The predicted molar refractivity (Wildman–Crippen MR) is 72.2 cm³/mol. The normalized spacial score (nSPS) is 10.8. The summed E-state index contributed by atoms with van der Waals surface area (Å²) in [7, 11) is 1.93. The van der Waals surface area contributed by atoms with Crippen LogP contribution in [0.4, 0.5) is 10.2 Å². The zero-order chi connectivity index (χ0) is 13.2. The highest BCUT2D eigenvalue weighted by atomic mass is 19.1. The second-order valence-corrected chi connectivity index (χ2v) is 4.33. The second kappa shape index (κ2) is 4.68. The topological polar surface area (TPSA) is 42.7 Å². The molecule has 0 aliphatic carbocycles. The largest absolute Gasteiger partial charge is 0.364 e. The molecule has 4 nitrogen and oxygen atoms in total. The van der Waals surface area contributed by atoms with Crippen molar-refractivity contribution in [2.45, 2.75) is 6.54 Å². The first kappa shape index (κ1) is 11.6. The maximum absolute atomic E-state index is 13.5. The highest BCUT2D eigenvalue weighted by molar-refractivity contribution is 5.85. The summed E-state index contributed by atoms with van der Waals surface area (Å²) in [6.07, 6.45) is 3.45. The maximum Gasteiger partial charge on any atom is 0.154 e. The Balaban J connectivity index is 1.88. The van der Waals surface area contributed by atoms with Gasteiger partial charge in [0.15, 0.2) is 5.82 Å². The summed E-state index contributed by atoms with van der Waals surface area (Å²) in [5.41, 5.74) is 2.39. The minimum atomic E-state index is -0.219. The van der Waals surface area contributed by atoms with Crippen molar-refractivity contribution in [3.8, 4) is 0 Å². The van der Waals surface area contributed by atoms with Crippen molar-refractivity contribution in [3.63, 3.8) is 0 Å². The van der Waals surface area contributed by atoms with Crippen molar-refractivity contribution in [2.24, 2.45) is 7.05 Å². The van der Waals surface area contributed by atoms with Crippen molar-refractivity contribution in [1.82, 2.24) is 14.5 Å². The van der Waals surface area contributed by atoms with Gasteiger partial charge in [-0.1, -0.05) is 18.2 Å². The molecule has 5 heteroatoms. The average molecular weight is 256 g/mol. The standard InChI is InChI=1S/C14H13FN4/c1-19-9-18-13-12(19)6-7-16-14(13)17-8-10-4-2-3-5-11(10)15/h2-7,9H,8H2,1H3,(H,16,17). The van der Waals surface area contributed by atoms with E-state index in [2.05, 4.69) is 15.3 Å². The van der Waals surface area contributed by atoms with Crippen LogP contribution in [0.5, 0.6) is 0 Å². The number of hydrogen-bond acceptors (Lipinski definition) is 3. The summed E-state index contributed by atoms with van der Waals surface area (Å²) in [4.78, 5) is 8.55. The molecule has 0 aliphatic rings. The third kappa shape index (κ3) is 2.14. The van der Waals surface area contributed by atoms with Crippen LogP contribution in [-0.4, -0.2) is 14.5 Å². The molecule has 0 unspecified atom stereocenters. The van der Waals surface area contributed by atoms with Gasteiger partial charge in [0.05, 0.1) is 11.8 Å². The van der Waals surface area contributed by atoms with E-state index in [1.54, 1.807) is 24.7 Å². The summed E-state index contributed by atoms with van der Waals surface area (Å²) in [5.74, 6) is 0.449. The SMILES string of the molecule is Cn1cnc2c(NCc3ccccc3F)nccc21. The number of nitrogens with one attached hydrogen (secondary N) is 1. The molecule has 96 valence electrons. The number of benzene rings is 1. The molecule has 0 aliphatic heterocycles. The summed E-state index contributed by atoms with van der Waals surface area (Å²) in [6.45, 7) is 0.384. The number of halogens is 1. The van der Waals surface area contributed by atoms with Crippen LogP contribution in [0.25, 0.3) is 11.0 Å². The Morgan fingerprint density at radius 2 is 2.05 bits per heavy atom. The third-order valence-electron chi connectivity index (χ3n) is 3.05. The van der Waals surface area contributed by atoms with Gasteiger partial charge in [-0.05, 0) is 12.1 Å². The van der Waals surface area contributed by atoms with Crippen molar-refractivity contribution in [1.29, 1.82) is 0 Å². The number of fused-ring (bicyclic) bond motifs is 1. The van der Waals surface area contributed by atoms with Gasteiger partial charge in [0.1, 0.15) is 11.3 Å². The van der Waals surface area contributed by atoms with Gasteiger partial charge in [-0.3, -0.25) is 0 Å². The monoisotopic (exact) mass is 256 g/mol. The molecule has 0 fully saturated rings. The molecular formula is C14H13FN4. The molecule has 0 atom stereocenters. The number of imidazole rings is 1. The molecule has 0 bridgehead atoms. The number of aromatic nitrogens is 3. The van der Waals surface area contributed by atoms with E-state index in [0.29, 0.717) is 17.9 Å². The molecule has 0 saturated heterocycles. The molecule has 1 aromatic carbocycles. The number of rotatable bonds is 3. The minimum Gasteiger partial charge on any atom is -0.364 e. The molecule has 0 radical (unpaired) electrons. The Labute approximate surface area is 109 Å². The molecule has 2 heterocycles. The van der Waals surface area contributed by atoms with Crippen LogP contribution < -0.4 is 5.32 Å². The van der Waals surface area contributed by atoms with Crippen LogP contribution in [0, 0.1) is 5.82 Å². The van der Waals surface area contributed by atoms with Crippen LogP contribution in [0.3, 0.4) is 0 Å². The van der Waals surface area contributed by atoms with Crippen LogP contribution >= 0.6 is 0 Å². The van der Waals surface area contributed by atoms with Crippen LogP contribution in [0.1, 0.15) is 5.56 Å². The summed E-state index contributed by atoms with van der Waals surface area (Å²) >= 11 is 0. The Hall–Kier alpha value is -2.43. The molecule has 3 rings (SSSR count). The van der Waals surface area contributed by atoms with Gasteiger partial charge in [-0.2, -0.15) is 0 Å². The summed E-state index contributed by atoms with van der Waals surface area (Å²) in [5, 5.41) is 3.13. The Morgan fingerprint density at radius 3 is 2.89 bits per heavy atom. The van der Waals surface area contributed by atoms with Crippen molar-refractivity contribution < 1.29 is 4.39 Å². The highest BCUT2D eigenvalue weighted by Gasteiger charge is 2.07. The molecular weight excluding hydrogens is 243 g/mol. The molecule has 0 saturated carbocycles. The summed E-state index contributed by atoms with van der Waals surface area (Å²) in [6, 6.07) is 8.59. The number of aryl methyl sites for hydroxylation is 1. The second-order valence-electron chi connectivity index (χ2n) is 4.33. The Morgan fingerprint density at radius 1 is 1.21 bits per heavy atom. The van der Waals surface area contributed by atoms with Crippen molar-refractivity contribution in [3.05, 3.63) is 54.2 Å². The zero-order valence-electron chi connectivity index (χ0n) is 10.5. The fourth-order valence-corrected chi connectivity index (χ4v) is 2.01. The van der Waals surface area contributed by atoms with Crippen LogP contribution in [0.15, 0.2) is 42.9 Å². The number of nitrogens with zero attached hydrogens (tertiary/aromatic N) is 3. The lowest BCUT2D eigenvalue weighted by Gasteiger charge is -2.07. The van der Waals surface area contributed by atoms with Crippen LogP contribution in [0.2, 0.25) is 0 Å². The lowest BCUT2D eigenvalue weighted by Crippen LogP contribution is -2.03. The Kier molecular flexibility index (Phi) is 2.87. The van der Waals surface area contributed by atoms with E-state index in [0.717, 1.165) is 11.0 Å². The van der Waals surface area contributed by atoms with E-state index in [1.807, 2.05) is 23.7 Å². The molecule has 1 N–H and O–H groups in total. The van der Waals surface area contributed by atoms with Crippen LogP contribution in [-0.2, 0) is 13.6 Å². The molecule has 3 aromatic rings. The highest BCUT2D eigenvalue weighted by Crippen LogP contribution is 2.19. The van der Waals surface area contributed by atoms with Gasteiger partial charge in [0.2, 0.25) is 0 Å². The number of pyridine rings is 1. The first-order valence-corrected chi connectivity index (χ1v) is 5.99. The lowest BCUT2D eigenvalue weighted by atomic mass is 10.2. The summed E-state index contributed by atoms with van der Waals surface area (Å²) < 4.78 is 15.5. The first-order valence-electron chi connectivity index (χ1n) is 5.99. The van der Waals surface area contributed by atoms with Gasteiger partial charge < -0.3 is 9.88 Å². The van der Waals surface area contributed by atoms with Gasteiger partial charge in [-0.15, -0.1) is 0 Å². The quantitative estimate of drug-likeness (QED) is 0.783. The molecule has 0 spiro atoms. The van der Waals surface area contributed by atoms with Gasteiger partial charge in [-0.25, -0.2) is 14.4 Å². The van der Waals surface area contributed by atoms with Gasteiger partial charge in [0, 0.05) is 25.4 Å². The third-order valence-corrected chi connectivity index (χ3v) is 3.05. The van der Waals surface area contributed by atoms with E-state index in [-0.39, 0.29) is 5.82 Å². The van der Waals surface area contributed by atoms with E-state index >= 15 is 0 Å². The fourth-order valence-electron chi connectivity index (χ4n) is 2.01. The zero-order valence-corrected chi connectivity index (χ0v) is 10.5. The van der Waals surface area contributed by atoms with E-state index < -0.39 is 0 Å². The maximum atomic E-state index is 13.5. The predicted octanol–water partition coefficient (Wildman–Crippen LogP) is 2.72. The van der Waals surface area contributed by atoms with E-state index in [1.165, 1.54) is 6.07 Å². The fraction of sp³-hybridized carbons (Fsp3) is 0.143. The smallest absolute Gasteiger partial charge is 0.154 e. The van der Waals surface area contributed by atoms with Crippen molar-refractivity contribution in [2.75, 3.05) is 5.32 Å².